The molecule has 1 rings (SSSR count). The van der Waals surface area contributed by atoms with Gasteiger partial charge in [0.1, 0.15) is 0 Å². The predicted molar refractivity (Wildman–Crippen MR) is 203 cm³/mol. The van der Waals surface area contributed by atoms with E-state index in [1.54, 1.807) is 0 Å². The van der Waals surface area contributed by atoms with Gasteiger partial charge in [-0.1, -0.05) is 54.9 Å². The number of nitrogens with two attached hydrogens (primary N) is 3. The van der Waals surface area contributed by atoms with Crippen molar-refractivity contribution in [2.45, 2.75) is 170 Å². The van der Waals surface area contributed by atoms with Crippen LogP contribution in [0, 0.1) is 34.5 Å². The fraction of sp³-hybridized carbons (Fsp3) is 1.00. The van der Waals surface area contributed by atoms with E-state index in [0.717, 1.165) is 97.2 Å². The fourth-order valence-corrected chi connectivity index (χ4v) is 8.28. The van der Waals surface area contributed by atoms with Gasteiger partial charge in [0.05, 0.1) is 18.3 Å². The SMILES string of the molecule is CCCCO[C@@H](C)CC[C@](C)(CC[C@H](CC)OCCCN)[C@H](C)C[C@H](OCCCN)[C@@]1(C)[C@H](C)CC[C@@H]1[C@H](C)CCCNCCCN. The van der Waals surface area contributed by atoms with Crippen LogP contribution in [0.5, 0.6) is 0 Å². The molecule has 0 aliphatic heterocycles. The zero-order valence-electron chi connectivity index (χ0n) is 32.8. The van der Waals surface area contributed by atoms with E-state index in [4.69, 9.17) is 31.4 Å². The van der Waals surface area contributed by atoms with Crippen LogP contribution in [0.1, 0.15) is 152 Å². The number of hydrogen-bond acceptors (Lipinski definition) is 7. The van der Waals surface area contributed by atoms with E-state index in [0.29, 0.717) is 42.9 Å². The summed E-state index contributed by atoms with van der Waals surface area (Å²) in [5.74, 6) is 2.52. The zero-order chi connectivity index (χ0) is 35.1. The average Bonchev–Trinajstić information content (AvgIpc) is 3.37. The lowest BCUT2D eigenvalue weighted by Gasteiger charge is -2.48. The third-order valence-corrected chi connectivity index (χ3v) is 12.4. The minimum absolute atomic E-state index is 0.157. The molecule has 47 heavy (non-hydrogen) atoms. The molecule has 7 nitrogen and oxygen atoms in total. The summed E-state index contributed by atoms with van der Waals surface area (Å²) in [6, 6.07) is 0. The maximum atomic E-state index is 6.99. The Kier molecular flexibility index (Phi) is 24.4. The first-order valence-electron chi connectivity index (χ1n) is 20.2. The molecular weight excluding hydrogens is 584 g/mol. The number of nitrogens with one attached hydrogen (secondary N) is 1. The molecule has 7 heteroatoms. The van der Waals surface area contributed by atoms with Gasteiger partial charge >= 0.3 is 0 Å². The Morgan fingerprint density at radius 3 is 2.04 bits per heavy atom. The van der Waals surface area contributed by atoms with Crippen LogP contribution in [0.25, 0.3) is 0 Å². The fourth-order valence-electron chi connectivity index (χ4n) is 8.28. The second-order valence-electron chi connectivity index (χ2n) is 15.9. The third kappa shape index (κ3) is 16.1. The van der Waals surface area contributed by atoms with E-state index in [1.165, 1.54) is 38.5 Å². The first kappa shape index (κ1) is 44.7. The highest BCUT2D eigenvalue weighted by Gasteiger charge is 2.52. The molecule has 0 aromatic rings. The molecule has 1 saturated carbocycles. The number of hydrogen-bond donors (Lipinski definition) is 4. The molecule has 1 fully saturated rings. The average molecular weight is 669 g/mol. The van der Waals surface area contributed by atoms with Crippen LogP contribution in [0.4, 0.5) is 0 Å². The Morgan fingerprint density at radius 2 is 1.40 bits per heavy atom. The van der Waals surface area contributed by atoms with Crippen molar-refractivity contribution in [1.82, 2.24) is 5.32 Å². The largest absolute Gasteiger partial charge is 0.379 e. The van der Waals surface area contributed by atoms with Gasteiger partial charge in [-0.2, -0.15) is 0 Å². The first-order chi connectivity index (χ1) is 22.5. The number of unbranched alkanes of at least 4 members (excludes halogenated alkanes) is 1. The summed E-state index contributed by atoms with van der Waals surface area (Å²) < 4.78 is 19.5. The molecule has 0 unspecified atom stereocenters. The van der Waals surface area contributed by atoms with Gasteiger partial charge in [0, 0.05) is 19.8 Å². The highest BCUT2D eigenvalue weighted by Crippen LogP contribution is 2.56. The summed E-state index contributed by atoms with van der Waals surface area (Å²) in [6.07, 6.45) is 17.8. The van der Waals surface area contributed by atoms with Gasteiger partial charge < -0.3 is 36.7 Å². The van der Waals surface area contributed by atoms with Crippen molar-refractivity contribution in [3.63, 3.8) is 0 Å². The molecule has 1 aliphatic carbocycles. The monoisotopic (exact) mass is 669 g/mol. The van der Waals surface area contributed by atoms with Gasteiger partial charge in [-0.05, 0) is 164 Å². The molecule has 0 spiro atoms. The Balaban J connectivity index is 3.19. The topological polar surface area (TPSA) is 118 Å². The van der Waals surface area contributed by atoms with Gasteiger partial charge in [0.15, 0.2) is 0 Å². The van der Waals surface area contributed by atoms with Crippen LogP contribution < -0.4 is 22.5 Å². The molecule has 0 amide bonds. The minimum Gasteiger partial charge on any atom is -0.379 e. The standard InChI is InChI=1S/C40H84N4O3/c1-9-11-28-45-35(6)19-21-39(7,22-20-36(10-2)46-29-14-24-42)34(5)31-38(47-30-15-25-43)40(8)33(4)17-18-37(40)32(3)16-12-26-44-27-13-23-41/h32-38,44H,9-31,41-43H2,1-8H3/t32-,33-,34-,35+,36+,37-,38+,39-,40+/m1/s1. The van der Waals surface area contributed by atoms with Crippen molar-refractivity contribution in [3.05, 3.63) is 0 Å². The Bertz CT molecular complexity index is 744. The lowest BCUT2D eigenvalue weighted by molar-refractivity contribution is -0.100. The van der Waals surface area contributed by atoms with Crippen LogP contribution in [-0.2, 0) is 14.2 Å². The van der Waals surface area contributed by atoms with Crippen molar-refractivity contribution < 1.29 is 14.2 Å². The van der Waals surface area contributed by atoms with Crippen molar-refractivity contribution in [3.8, 4) is 0 Å². The summed E-state index contributed by atoms with van der Waals surface area (Å²) in [7, 11) is 0. The second-order valence-corrected chi connectivity index (χ2v) is 15.9. The van der Waals surface area contributed by atoms with Crippen LogP contribution in [0.15, 0.2) is 0 Å². The summed E-state index contributed by atoms with van der Waals surface area (Å²) in [6.45, 7) is 26.1. The Morgan fingerprint density at radius 1 is 0.787 bits per heavy atom. The molecular formula is C40H84N4O3. The van der Waals surface area contributed by atoms with Gasteiger partial charge in [-0.3, -0.25) is 0 Å². The zero-order valence-corrected chi connectivity index (χ0v) is 32.8. The second kappa shape index (κ2) is 25.6. The summed E-state index contributed by atoms with van der Waals surface area (Å²) in [5, 5.41) is 3.59. The third-order valence-electron chi connectivity index (χ3n) is 12.4. The van der Waals surface area contributed by atoms with Crippen molar-refractivity contribution in [2.75, 3.05) is 52.5 Å². The van der Waals surface area contributed by atoms with Gasteiger partial charge in [0.2, 0.25) is 0 Å². The smallest absolute Gasteiger partial charge is 0.0636 e. The Hall–Kier alpha value is -0.280. The molecule has 282 valence electrons. The molecule has 0 saturated heterocycles. The van der Waals surface area contributed by atoms with Gasteiger partial charge in [0.25, 0.3) is 0 Å². The van der Waals surface area contributed by atoms with E-state index in [1.807, 2.05) is 0 Å². The van der Waals surface area contributed by atoms with Gasteiger partial charge in [-0.15, -0.1) is 0 Å². The van der Waals surface area contributed by atoms with E-state index in [2.05, 4.69) is 60.7 Å². The van der Waals surface area contributed by atoms with Crippen molar-refractivity contribution in [2.24, 2.45) is 51.7 Å². The summed E-state index contributed by atoms with van der Waals surface area (Å²) in [4.78, 5) is 0. The molecule has 7 N–H and O–H groups in total. The number of rotatable bonds is 31. The van der Waals surface area contributed by atoms with Crippen LogP contribution in [0.2, 0.25) is 0 Å². The lowest BCUT2D eigenvalue weighted by Crippen LogP contribution is -2.46. The predicted octanol–water partition coefficient (Wildman–Crippen LogP) is 8.07. The molecule has 9 atom stereocenters. The van der Waals surface area contributed by atoms with E-state index in [-0.39, 0.29) is 23.0 Å². The van der Waals surface area contributed by atoms with Crippen molar-refractivity contribution >= 4 is 0 Å². The first-order valence-corrected chi connectivity index (χ1v) is 20.2. The Labute approximate surface area is 293 Å². The highest BCUT2D eigenvalue weighted by atomic mass is 16.5. The van der Waals surface area contributed by atoms with Crippen LogP contribution in [-0.4, -0.2) is 70.9 Å². The normalized spacial score (nSPS) is 24.6. The minimum atomic E-state index is 0.157. The highest BCUT2D eigenvalue weighted by molar-refractivity contribution is 5.01. The van der Waals surface area contributed by atoms with Crippen molar-refractivity contribution in [1.29, 1.82) is 0 Å². The maximum Gasteiger partial charge on any atom is 0.0636 e. The molecule has 1 aliphatic rings. The number of ether oxygens (including phenoxy) is 3. The van der Waals surface area contributed by atoms with E-state index >= 15 is 0 Å². The molecule has 0 radical (unpaired) electrons. The van der Waals surface area contributed by atoms with E-state index < -0.39 is 0 Å². The molecule has 0 bridgehead atoms. The van der Waals surface area contributed by atoms with Crippen LogP contribution >= 0.6 is 0 Å². The maximum absolute atomic E-state index is 6.99. The summed E-state index contributed by atoms with van der Waals surface area (Å²) >= 11 is 0. The lowest BCUT2D eigenvalue weighted by atomic mass is 9.61. The summed E-state index contributed by atoms with van der Waals surface area (Å²) in [5.41, 5.74) is 17.8. The molecule has 0 heterocycles. The van der Waals surface area contributed by atoms with E-state index in [9.17, 15) is 0 Å². The molecule has 0 aromatic heterocycles. The van der Waals surface area contributed by atoms with Gasteiger partial charge in [-0.25, -0.2) is 0 Å². The molecule has 0 aromatic carbocycles. The van der Waals surface area contributed by atoms with Crippen LogP contribution in [0.3, 0.4) is 0 Å². The quantitative estimate of drug-likeness (QED) is 0.0552.